The minimum atomic E-state index is -0.233. The van der Waals surface area contributed by atoms with Crippen LogP contribution in [0.4, 0.5) is 11.6 Å². The normalized spacial score (nSPS) is 17.9. The molecule has 0 amide bonds. The van der Waals surface area contributed by atoms with E-state index in [1.807, 2.05) is 72.8 Å². The first-order valence-corrected chi connectivity index (χ1v) is 13.1. The molecule has 0 saturated heterocycles. The van der Waals surface area contributed by atoms with Crippen LogP contribution >= 0.6 is 0 Å². The van der Waals surface area contributed by atoms with Crippen LogP contribution in [0.1, 0.15) is 28.4 Å². The van der Waals surface area contributed by atoms with Crippen LogP contribution in [0.3, 0.4) is 0 Å². The third-order valence-corrected chi connectivity index (χ3v) is 7.64. The molecule has 0 aliphatic carbocycles. The fourth-order valence-corrected chi connectivity index (χ4v) is 5.77. The Bertz CT molecular complexity index is 2270. The van der Waals surface area contributed by atoms with Crippen molar-refractivity contribution in [3.05, 3.63) is 130 Å². The molecule has 2 N–H and O–H groups in total. The van der Waals surface area contributed by atoms with E-state index in [0.29, 0.717) is 34.3 Å². The van der Waals surface area contributed by atoms with Crippen LogP contribution < -0.4 is 26.3 Å². The number of aliphatic imine (C=N–C) groups is 3. The van der Waals surface area contributed by atoms with Crippen LogP contribution in [0, 0.1) is 0 Å². The summed E-state index contributed by atoms with van der Waals surface area (Å²) >= 11 is 0. The molecule has 0 saturated carbocycles. The molecular weight excluding hydrogens is 560 g/mol. The van der Waals surface area contributed by atoms with E-state index in [9.17, 15) is 0 Å². The summed E-state index contributed by atoms with van der Waals surface area (Å²) in [5.41, 5.74) is 5.08. The van der Waals surface area contributed by atoms with E-state index in [1.165, 1.54) is 0 Å². The first-order chi connectivity index (χ1) is 19.8. The second-order valence-electron chi connectivity index (χ2n) is 9.96. The van der Waals surface area contributed by atoms with E-state index in [2.05, 4.69) is 29.6 Å². The summed E-state index contributed by atoms with van der Waals surface area (Å²) in [5.74, 6) is 3.28. The number of hydrogen-bond donors (Lipinski definition) is 1. The Morgan fingerprint density at radius 2 is 1.07 bits per heavy atom. The zero-order valence-corrected chi connectivity index (χ0v) is 22.3. The molecular formula is C32H19CuN8+. The Hall–Kier alpha value is -4.95. The first kappa shape index (κ1) is 23.9. The van der Waals surface area contributed by atoms with Crippen molar-refractivity contribution >= 4 is 50.7 Å². The molecule has 4 aromatic carbocycles. The molecule has 9 rings (SSSR count). The maximum Gasteiger partial charge on any atom is 2.00 e. The van der Waals surface area contributed by atoms with Crippen LogP contribution in [0.25, 0.3) is 21.5 Å². The summed E-state index contributed by atoms with van der Waals surface area (Å²) in [7, 11) is 0. The maximum atomic E-state index is 5.06. The van der Waals surface area contributed by atoms with E-state index in [0.717, 1.165) is 49.6 Å². The number of quaternary nitrogens is 1. The van der Waals surface area contributed by atoms with Crippen molar-refractivity contribution < 1.29 is 22.4 Å². The number of nitrogens with zero attached hydrogens (tertiary/aromatic N) is 7. The zero-order chi connectivity index (χ0) is 26.2. The van der Waals surface area contributed by atoms with E-state index in [4.69, 9.17) is 34.9 Å². The molecule has 0 spiro atoms. The third-order valence-electron chi connectivity index (χ3n) is 7.64. The number of hydrogen-bond acceptors (Lipinski definition) is 5. The van der Waals surface area contributed by atoms with Crippen molar-refractivity contribution in [2.24, 2.45) is 25.0 Å². The molecule has 0 fully saturated rings. The van der Waals surface area contributed by atoms with E-state index in [1.54, 1.807) is 0 Å². The molecule has 1 radical (unpaired) electrons. The van der Waals surface area contributed by atoms with Crippen molar-refractivity contribution in [1.82, 2.24) is 9.97 Å². The van der Waals surface area contributed by atoms with Gasteiger partial charge in [-0.3, -0.25) is 5.32 Å². The molecule has 9 heteroatoms. The molecule has 1 unspecified atom stereocenters. The molecule has 6 aromatic rings. The van der Waals surface area contributed by atoms with Gasteiger partial charge in [-0.05, 0) is 28.0 Å². The average Bonchev–Trinajstić information content (AvgIpc) is 3.73. The average molecular weight is 579 g/mol. The fourth-order valence-electron chi connectivity index (χ4n) is 5.77. The van der Waals surface area contributed by atoms with Gasteiger partial charge in [0, 0.05) is 38.6 Å². The van der Waals surface area contributed by atoms with Crippen molar-refractivity contribution in [3.8, 4) is 0 Å². The van der Waals surface area contributed by atoms with Crippen molar-refractivity contribution in [3.63, 3.8) is 0 Å². The van der Waals surface area contributed by atoms with Crippen LogP contribution in [-0.4, -0.2) is 17.5 Å². The molecule has 1 atom stereocenters. The van der Waals surface area contributed by atoms with Gasteiger partial charge in [0.25, 0.3) is 0 Å². The Labute approximate surface area is 243 Å². The predicted octanol–water partition coefficient (Wildman–Crippen LogP) is 3.35. The van der Waals surface area contributed by atoms with Gasteiger partial charge in [-0.1, -0.05) is 91.0 Å². The SMILES string of the molecule is [Cu+2].c1ccc2c(c1)C1=N/C2=N\c2[n-]c(c3ccccc23)[NH2+]C2N=C(N=c3[n-]c(c4ccccc34)=N1)c1ccccc12. The molecule has 8 bridgehead atoms. The number of amidine groups is 3. The van der Waals surface area contributed by atoms with Gasteiger partial charge in [-0.25, -0.2) is 9.98 Å². The minimum Gasteiger partial charge on any atom is -0.419 e. The largest absolute Gasteiger partial charge is 2.00 e. The van der Waals surface area contributed by atoms with E-state index >= 15 is 0 Å². The van der Waals surface area contributed by atoms with E-state index in [-0.39, 0.29) is 23.2 Å². The third kappa shape index (κ3) is 3.61. The van der Waals surface area contributed by atoms with Gasteiger partial charge in [0.05, 0.1) is 17.5 Å². The minimum absolute atomic E-state index is 0. The molecule has 197 valence electrons. The Kier molecular flexibility index (Phi) is 5.27. The fraction of sp³-hybridized carbons (Fsp3) is 0.0312. The maximum absolute atomic E-state index is 5.06. The Morgan fingerprint density at radius 3 is 1.80 bits per heavy atom. The van der Waals surface area contributed by atoms with Gasteiger partial charge in [-0.15, -0.1) is 0 Å². The van der Waals surface area contributed by atoms with Crippen LogP contribution in [0.15, 0.2) is 122 Å². The zero-order valence-electron chi connectivity index (χ0n) is 21.3. The van der Waals surface area contributed by atoms with E-state index < -0.39 is 0 Å². The molecule has 8 nitrogen and oxygen atoms in total. The van der Waals surface area contributed by atoms with Gasteiger partial charge in [0.1, 0.15) is 5.82 Å². The van der Waals surface area contributed by atoms with Crippen LogP contribution in [0.2, 0.25) is 0 Å². The Morgan fingerprint density at radius 1 is 0.512 bits per heavy atom. The summed E-state index contributed by atoms with van der Waals surface area (Å²) < 4.78 is 0. The topological polar surface area (TPSA) is 107 Å². The van der Waals surface area contributed by atoms with Crippen LogP contribution in [-0.2, 0) is 17.1 Å². The number of nitrogens with two attached hydrogens (primary N) is 1. The van der Waals surface area contributed by atoms with Crippen LogP contribution in [0.5, 0.6) is 0 Å². The van der Waals surface area contributed by atoms with Gasteiger partial charge in [0.2, 0.25) is 6.17 Å². The number of rotatable bonds is 0. The first-order valence-electron chi connectivity index (χ1n) is 13.1. The molecule has 3 aliphatic heterocycles. The monoisotopic (exact) mass is 578 g/mol. The molecule has 2 aromatic heterocycles. The smallest absolute Gasteiger partial charge is 0.419 e. The number of benzene rings is 4. The number of aromatic nitrogens is 2. The Balaban J connectivity index is 0.00000256. The molecule has 5 heterocycles. The van der Waals surface area contributed by atoms with Crippen molar-refractivity contribution in [1.29, 1.82) is 0 Å². The van der Waals surface area contributed by atoms with Gasteiger partial charge in [-0.2, -0.15) is 0 Å². The number of fused-ring (bicyclic) bond motifs is 18. The van der Waals surface area contributed by atoms with Crippen molar-refractivity contribution in [2.75, 3.05) is 0 Å². The summed E-state index contributed by atoms with van der Waals surface area (Å²) in [6, 6.07) is 32.4. The molecule has 3 aliphatic rings. The summed E-state index contributed by atoms with van der Waals surface area (Å²) in [6.45, 7) is 0. The van der Waals surface area contributed by atoms with Gasteiger partial charge >= 0.3 is 17.1 Å². The van der Waals surface area contributed by atoms with Crippen molar-refractivity contribution in [2.45, 2.75) is 6.17 Å². The summed E-state index contributed by atoms with van der Waals surface area (Å²) in [5, 5.41) is 5.94. The summed E-state index contributed by atoms with van der Waals surface area (Å²) in [4.78, 5) is 34.8. The quantitative estimate of drug-likeness (QED) is 0.279. The second-order valence-corrected chi connectivity index (χ2v) is 9.96. The second kappa shape index (κ2) is 9.04. The predicted molar refractivity (Wildman–Crippen MR) is 153 cm³/mol. The molecule has 41 heavy (non-hydrogen) atoms. The van der Waals surface area contributed by atoms with Gasteiger partial charge in [0.15, 0.2) is 0 Å². The standard InChI is InChI=1S/C32H18N8.Cu/c1-2-10-18-17(9-1)25-33-26(18)38-28-21-13-5-6-14-22(21)30(35-28)40-32-24-16-8-7-15-23(24)31(36-32)39-29-20-12-4-3-11-19(20)27(34-29)37-25;/h1-16,25,37H;/q-2;+2/p+1. The van der Waals surface area contributed by atoms with Gasteiger partial charge < -0.3 is 24.9 Å². The summed E-state index contributed by atoms with van der Waals surface area (Å²) in [6.07, 6.45) is -0.233.